The molecule has 0 unspecified atom stereocenters. The van der Waals surface area contributed by atoms with Crippen molar-refractivity contribution < 1.29 is 9.53 Å². The molecule has 5 heteroatoms. The number of hydrogen-bond acceptors (Lipinski definition) is 4. The minimum Gasteiger partial charge on any atom is -0.494 e. The molecule has 0 aliphatic carbocycles. The number of nitrogens with one attached hydrogen (secondary N) is 1. The highest BCUT2D eigenvalue weighted by Crippen LogP contribution is 2.09. The third-order valence-corrected chi connectivity index (χ3v) is 2.72. The molecule has 3 N–H and O–H groups in total. The van der Waals surface area contributed by atoms with Crippen molar-refractivity contribution in [1.29, 1.82) is 0 Å². The maximum atomic E-state index is 11.8. The van der Waals surface area contributed by atoms with Crippen LogP contribution in [-0.2, 0) is 0 Å². The van der Waals surface area contributed by atoms with Crippen molar-refractivity contribution in [2.24, 2.45) is 0 Å². The van der Waals surface area contributed by atoms with Gasteiger partial charge in [0.1, 0.15) is 5.75 Å². The smallest absolute Gasteiger partial charge is 0.253 e. The average Bonchev–Trinajstić information content (AvgIpc) is 2.48. The highest BCUT2D eigenvalue weighted by Gasteiger charge is 2.07. The fourth-order valence-corrected chi connectivity index (χ4v) is 1.69. The summed E-state index contributed by atoms with van der Waals surface area (Å²) in [6, 6.07) is 11.2. The van der Waals surface area contributed by atoms with E-state index in [9.17, 15) is 4.79 Å². The fraction of sp³-hybridized carbons (Fsp3) is 0.200. The van der Waals surface area contributed by atoms with E-state index < -0.39 is 0 Å². The quantitative estimate of drug-likeness (QED) is 0.786. The monoisotopic (exact) mass is 271 g/mol. The van der Waals surface area contributed by atoms with E-state index in [4.69, 9.17) is 10.5 Å². The van der Waals surface area contributed by atoms with Crippen molar-refractivity contribution in [2.45, 2.75) is 6.42 Å². The lowest BCUT2D eigenvalue weighted by molar-refractivity contribution is 0.0952. The molecule has 2 aromatic rings. The van der Waals surface area contributed by atoms with Crippen molar-refractivity contribution in [1.82, 2.24) is 10.3 Å². The summed E-state index contributed by atoms with van der Waals surface area (Å²) >= 11 is 0. The number of rotatable bonds is 6. The standard InChI is InChI=1S/C15H17N3O2/c16-14-11-17-9-7-13(14)15(19)18-8-4-10-20-12-5-2-1-3-6-12/h1-3,5-7,9,11H,4,8,10,16H2,(H,18,19). The second kappa shape index (κ2) is 7.13. The summed E-state index contributed by atoms with van der Waals surface area (Å²) in [5.41, 5.74) is 6.51. The van der Waals surface area contributed by atoms with Gasteiger partial charge in [0.15, 0.2) is 0 Å². The van der Waals surface area contributed by atoms with Gasteiger partial charge in [-0.25, -0.2) is 0 Å². The number of amides is 1. The molecule has 1 aromatic carbocycles. The molecule has 1 aromatic heterocycles. The first-order valence-corrected chi connectivity index (χ1v) is 6.43. The molecule has 0 saturated heterocycles. The van der Waals surface area contributed by atoms with E-state index in [1.165, 1.54) is 6.20 Å². The van der Waals surface area contributed by atoms with Gasteiger partial charge in [0, 0.05) is 12.7 Å². The predicted molar refractivity (Wildman–Crippen MR) is 77.5 cm³/mol. The van der Waals surface area contributed by atoms with Crippen LogP contribution in [0.25, 0.3) is 0 Å². The maximum Gasteiger partial charge on any atom is 0.253 e. The van der Waals surface area contributed by atoms with Gasteiger partial charge in [0.2, 0.25) is 0 Å². The number of nitrogen functional groups attached to an aromatic ring is 1. The van der Waals surface area contributed by atoms with Crippen LogP contribution in [0.3, 0.4) is 0 Å². The van der Waals surface area contributed by atoms with Gasteiger partial charge in [0.25, 0.3) is 5.91 Å². The van der Waals surface area contributed by atoms with Crippen molar-refractivity contribution in [3.05, 3.63) is 54.4 Å². The number of pyridine rings is 1. The highest BCUT2D eigenvalue weighted by molar-refractivity contribution is 5.98. The number of carbonyl (C=O) groups is 1. The van der Waals surface area contributed by atoms with Crippen LogP contribution in [0.15, 0.2) is 48.8 Å². The Morgan fingerprint density at radius 3 is 2.80 bits per heavy atom. The lowest BCUT2D eigenvalue weighted by Gasteiger charge is -2.08. The zero-order valence-corrected chi connectivity index (χ0v) is 11.1. The van der Waals surface area contributed by atoms with Crippen LogP contribution in [0.4, 0.5) is 5.69 Å². The van der Waals surface area contributed by atoms with E-state index in [2.05, 4.69) is 10.3 Å². The number of para-hydroxylation sites is 1. The van der Waals surface area contributed by atoms with Crippen LogP contribution in [0.2, 0.25) is 0 Å². The maximum absolute atomic E-state index is 11.8. The van der Waals surface area contributed by atoms with Crippen molar-refractivity contribution in [3.63, 3.8) is 0 Å². The molecule has 1 amide bonds. The summed E-state index contributed by atoms with van der Waals surface area (Å²) in [5, 5.41) is 2.80. The number of nitrogens with two attached hydrogens (primary N) is 1. The molecule has 5 nitrogen and oxygen atoms in total. The average molecular weight is 271 g/mol. The van der Waals surface area contributed by atoms with Crippen LogP contribution >= 0.6 is 0 Å². The van der Waals surface area contributed by atoms with Gasteiger partial charge < -0.3 is 15.8 Å². The van der Waals surface area contributed by atoms with E-state index in [-0.39, 0.29) is 5.91 Å². The fourth-order valence-electron chi connectivity index (χ4n) is 1.69. The molecular weight excluding hydrogens is 254 g/mol. The summed E-state index contributed by atoms with van der Waals surface area (Å²) in [4.78, 5) is 15.7. The number of hydrogen-bond donors (Lipinski definition) is 2. The third kappa shape index (κ3) is 3.98. The van der Waals surface area contributed by atoms with Crippen molar-refractivity contribution in [2.75, 3.05) is 18.9 Å². The molecule has 0 aliphatic rings. The van der Waals surface area contributed by atoms with Gasteiger partial charge in [-0.1, -0.05) is 18.2 Å². The van der Waals surface area contributed by atoms with Crippen LogP contribution in [0.1, 0.15) is 16.8 Å². The Hall–Kier alpha value is -2.56. The number of ether oxygens (including phenoxy) is 1. The second-order valence-corrected chi connectivity index (χ2v) is 4.23. The van der Waals surface area contributed by atoms with Crippen molar-refractivity contribution >= 4 is 11.6 Å². The first-order valence-electron chi connectivity index (χ1n) is 6.43. The third-order valence-electron chi connectivity index (χ3n) is 2.72. The number of anilines is 1. The Kier molecular flexibility index (Phi) is 4.94. The zero-order valence-electron chi connectivity index (χ0n) is 11.1. The van der Waals surface area contributed by atoms with Crippen LogP contribution in [0, 0.1) is 0 Å². The normalized spacial score (nSPS) is 10.0. The molecule has 0 atom stereocenters. The first kappa shape index (κ1) is 13.9. The molecule has 20 heavy (non-hydrogen) atoms. The molecule has 0 aliphatic heterocycles. The topological polar surface area (TPSA) is 77.2 Å². The molecule has 0 spiro atoms. The number of benzene rings is 1. The van der Waals surface area contributed by atoms with Crippen LogP contribution < -0.4 is 15.8 Å². The van der Waals surface area contributed by atoms with Gasteiger partial charge in [-0.3, -0.25) is 9.78 Å². The number of carbonyl (C=O) groups excluding carboxylic acids is 1. The summed E-state index contributed by atoms with van der Waals surface area (Å²) in [5.74, 6) is 0.641. The molecule has 1 heterocycles. The first-order chi connectivity index (χ1) is 9.77. The molecule has 0 fully saturated rings. The van der Waals surface area contributed by atoms with Gasteiger partial charge in [-0.2, -0.15) is 0 Å². The molecule has 2 rings (SSSR count). The molecule has 104 valence electrons. The Bertz CT molecular complexity index is 558. The number of aromatic nitrogens is 1. The summed E-state index contributed by atoms with van der Waals surface area (Å²) < 4.78 is 5.53. The molecule has 0 bridgehead atoms. The van der Waals surface area contributed by atoms with E-state index >= 15 is 0 Å². The second-order valence-electron chi connectivity index (χ2n) is 4.23. The van der Waals surface area contributed by atoms with Gasteiger partial charge in [-0.05, 0) is 24.6 Å². The predicted octanol–water partition coefficient (Wildman–Crippen LogP) is 1.86. The zero-order chi connectivity index (χ0) is 14.2. The number of nitrogens with zero attached hydrogens (tertiary/aromatic N) is 1. The molecular formula is C15H17N3O2. The Labute approximate surface area is 117 Å². The van der Waals surface area contributed by atoms with E-state index in [1.54, 1.807) is 12.3 Å². The van der Waals surface area contributed by atoms with Gasteiger partial charge in [0.05, 0.1) is 24.1 Å². The molecule has 0 saturated carbocycles. The van der Waals surface area contributed by atoms with E-state index in [0.717, 1.165) is 12.2 Å². The van der Waals surface area contributed by atoms with Gasteiger partial charge >= 0.3 is 0 Å². The lowest BCUT2D eigenvalue weighted by Crippen LogP contribution is -2.26. The Morgan fingerprint density at radius 2 is 2.05 bits per heavy atom. The van der Waals surface area contributed by atoms with Crippen molar-refractivity contribution in [3.8, 4) is 5.75 Å². The van der Waals surface area contributed by atoms with Gasteiger partial charge in [-0.15, -0.1) is 0 Å². The van der Waals surface area contributed by atoms with E-state index in [1.807, 2.05) is 30.3 Å². The minimum absolute atomic E-state index is 0.190. The summed E-state index contributed by atoms with van der Waals surface area (Å²) in [7, 11) is 0. The highest BCUT2D eigenvalue weighted by atomic mass is 16.5. The largest absolute Gasteiger partial charge is 0.494 e. The molecule has 0 radical (unpaired) electrons. The SMILES string of the molecule is Nc1cnccc1C(=O)NCCCOc1ccccc1. The summed E-state index contributed by atoms with van der Waals surface area (Å²) in [6.07, 6.45) is 3.74. The minimum atomic E-state index is -0.190. The lowest BCUT2D eigenvalue weighted by atomic mass is 10.2. The Balaban J connectivity index is 1.69. The van der Waals surface area contributed by atoms with E-state index in [0.29, 0.717) is 24.4 Å². The summed E-state index contributed by atoms with van der Waals surface area (Å²) in [6.45, 7) is 1.09. The van der Waals surface area contributed by atoms with Crippen LogP contribution in [-0.4, -0.2) is 24.0 Å². The van der Waals surface area contributed by atoms with Crippen LogP contribution in [0.5, 0.6) is 5.75 Å². The Morgan fingerprint density at radius 1 is 1.25 bits per heavy atom.